The molecule has 0 saturated carbocycles. The van der Waals surface area contributed by atoms with Crippen molar-refractivity contribution >= 4 is 11.6 Å². The van der Waals surface area contributed by atoms with Crippen molar-refractivity contribution in [3.05, 3.63) is 47.1 Å². The number of morpholine rings is 1. The van der Waals surface area contributed by atoms with E-state index in [2.05, 4.69) is 15.4 Å². The van der Waals surface area contributed by atoms with Gasteiger partial charge in [-0.15, -0.1) is 0 Å². The molecule has 1 aliphatic rings. The predicted molar refractivity (Wildman–Crippen MR) is 81.7 cm³/mol. The number of nitrogens with one attached hydrogen (secondary N) is 1. The highest BCUT2D eigenvalue weighted by Crippen LogP contribution is 2.17. The topological polar surface area (TPSA) is 67.6 Å². The van der Waals surface area contributed by atoms with Gasteiger partial charge in [-0.25, -0.2) is 4.39 Å². The summed E-state index contributed by atoms with van der Waals surface area (Å²) in [5.74, 6) is -0.0840. The summed E-state index contributed by atoms with van der Waals surface area (Å²) in [7, 11) is 0. The lowest BCUT2D eigenvalue weighted by Gasteiger charge is -2.25. The third kappa shape index (κ3) is 3.94. The largest absolute Gasteiger partial charge is 0.379 e. The van der Waals surface area contributed by atoms with Crippen LogP contribution in [-0.2, 0) is 11.3 Å². The SMILES string of the molecule is Cc1cc(F)ccc1NC(=O)c1cc(CN2CCOCC2)on1. The highest BCUT2D eigenvalue weighted by atomic mass is 19.1. The number of carbonyl (C=O) groups is 1. The number of halogens is 1. The van der Waals surface area contributed by atoms with Crippen LogP contribution in [0.5, 0.6) is 0 Å². The molecular weight excluding hydrogens is 301 g/mol. The van der Waals surface area contributed by atoms with E-state index < -0.39 is 0 Å². The minimum Gasteiger partial charge on any atom is -0.379 e. The number of nitrogens with zero attached hydrogens (tertiary/aromatic N) is 2. The van der Waals surface area contributed by atoms with Crippen molar-refractivity contribution in [2.24, 2.45) is 0 Å². The van der Waals surface area contributed by atoms with Gasteiger partial charge in [0.1, 0.15) is 5.82 Å². The zero-order valence-electron chi connectivity index (χ0n) is 12.8. The monoisotopic (exact) mass is 319 g/mol. The maximum atomic E-state index is 13.1. The van der Waals surface area contributed by atoms with Gasteiger partial charge in [-0.1, -0.05) is 5.16 Å². The summed E-state index contributed by atoms with van der Waals surface area (Å²) in [5.41, 5.74) is 1.40. The van der Waals surface area contributed by atoms with Crippen molar-refractivity contribution in [3.8, 4) is 0 Å². The number of amides is 1. The molecule has 1 aliphatic heterocycles. The predicted octanol–water partition coefficient (Wildman–Crippen LogP) is 2.21. The highest BCUT2D eigenvalue weighted by Gasteiger charge is 2.17. The van der Waals surface area contributed by atoms with Crippen molar-refractivity contribution in [3.63, 3.8) is 0 Å². The zero-order valence-corrected chi connectivity index (χ0v) is 12.8. The molecule has 0 atom stereocenters. The Morgan fingerprint density at radius 2 is 2.13 bits per heavy atom. The van der Waals surface area contributed by atoms with E-state index >= 15 is 0 Å². The van der Waals surface area contributed by atoms with Gasteiger partial charge in [-0.2, -0.15) is 0 Å². The van der Waals surface area contributed by atoms with Crippen molar-refractivity contribution in [2.45, 2.75) is 13.5 Å². The fourth-order valence-corrected chi connectivity index (χ4v) is 2.43. The van der Waals surface area contributed by atoms with Gasteiger partial charge in [-0.05, 0) is 30.7 Å². The number of carbonyl (C=O) groups excluding carboxylic acids is 1. The van der Waals surface area contributed by atoms with E-state index in [0.29, 0.717) is 36.8 Å². The Hall–Kier alpha value is -2.25. The summed E-state index contributed by atoms with van der Waals surface area (Å²) in [6.07, 6.45) is 0. The molecule has 0 bridgehead atoms. The van der Waals surface area contributed by atoms with Gasteiger partial charge >= 0.3 is 0 Å². The molecule has 7 heteroatoms. The molecule has 0 radical (unpaired) electrons. The highest BCUT2D eigenvalue weighted by molar-refractivity contribution is 6.03. The lowest BCUT2D eigenvalue weighted by Crippen LogP contribution is -2.35. The first-order chi connectivity index (χ1) is 11.1. The Balaban J connectivity index is 1.63. The van der Waals surface area contributed by atoms with Crippen molar-refractivity contribution in [2.75, 3.05) is 31.6 Å². The molecule has 2 aromatic rings. The van der Waals surface area contributed by atoms with Crippen LogP contribution in [0.3, 0.4) is 0 Å². The molecule has 0 unspecified atom stereocenters. The van der Waals surface area contributed by atoms with Gasteiger partial charge in [0.05, 0.1) is 19.8 Å². The summed E-state index contributed by atoms with van der Waals surface area (Å²) < 4.78 is 23.6. The second-order valence-electron chi connectivity index (χ2n) is 5.48. The van der Waals surface area contributed by atoms with E-state index in [0.717, 1.165) is 13.1 Å². The minimum atomic E-state index is -0.378. The molecule has 6 nitrogen and oxygen atoms in total. The van der Waals surface area contributed by atoms with Crippen LogP contribution < -0.4 is 5.32 Å². The van der Waals surface area contributed by atoms with E-state index in [-0.39, 0.29) is 17.4 Å². The van der Waals surface area contributed by atoms with Crippen LogP contribution in [0.4, 0.5) is 10.1 Å². The lowest BCUT2D eigenvalue weighted by molar-refractivity contribution is 0.0305. The Morgan fingerprint density at radius 3 is 2.87 bits per heavy atom. The van der Waals surface area contributed by atoms with Crippen molar-refractivity contribution < 1.29 is 18.4 Å². The lowest BCUT2D eigenvalue weighted by atomic mass is 10.2. The molecule has 1 N–H and O–H groups in total. The van der Waals surface area contributed by atoms with Gasteiger partial charge < -0.3 is 14.6 Å². The van der Waals surface area contributed by atoms with Gasteiger partial charge in [0, 0.05) is 24.8 Å². The Morgan fingerprint density at radius 1 is 1.35 bits per heavy atom. The Kier molecular flexibility index (Phi) is 4.68. The summed E-state index contributed by atoms with van der Waals surface area (Å²) in [6.45, 7) is 5.38. The number of benzene rings is 1. The quantitative estimate of drug-likeness (QED) is 0.936. The number of aromatic nitrogens is 1. The number of rotatable bonds is 4. The standard InChI is InChI=1S/C16H18FN3O3/c1-11-8-12(17)2-3-14(11)18-16(21)15-9-13(23-19-15)10-20-4-6-22-7-5-20/h2-3,8-9H,4-7,10H2,1H3,(H,18,21). The van der Waals surface area contributed by atoms with Crippen LogP contribution in [0.25, 0.3) is 0 Å². The molecule has 1 fully saturated rings. The normalized spacial score (nSPS) is 15.6. The molecule has 1 aromatic carbocycles. The number of anilines is 1. The van der Waals surface area contributed by atoms with E-state index in [9.17, 15) is 9.18 Å². The first kappa shape index (κ1) is 15.6. The third-order valence-electron chi connectivity index (χ3n) is 3.71. The van der Waals surface area contributed by atoms with Gasteiger partial charge in [-0.3, -0.25) is 9.69 Å². The fourth-order valence-electron chi connectivity index (χ4n) is 2.43. The van der Waals surface area contributed by atoms with E-state index in [1.165, 1.54) is 18.2 Å². The van der Waals surface area contributed by atoms with Crippen LogP contribution >= 0.6 is 0 Å². The minimum absolute atomic E-state index is 0.206. The van der Waals surface area contributed by atoms with Crippen LogP contribution in [0.15, 0.2) is 28.8 Å². The summed E-state index contributed by atoms with van der Waals surface area (Å²) in [5, 5.41) is 6.51. The Bertz CT molecular complexity index is 696. The van der Waals surface area contributed by atoms with Crippen molar-refractivity contribution in [1.29, 1.82) is 0 Å². The van der Waals surface area contributed by atoms with Crippen LogP contribution in [0.1, 0.15) is 21.8 Å². The molecule has 2 heterocycles. The van der Waals surface area contributed by atoms with Gasteiger partial charge in [0.2, 0.25) is 0 Å². The molecule has 3 rings (SSSR count). The average molecular weight is 319 g/mol. The average Bonchev–Trinajstić information content (AvgIpc) is 3.00. The summed E-state index contributed by atoms with van der Waals surface area (Å²) in [4.78, 5) is 14.4. The second kappa shape index (κ2) is 6.89. The number of aryl methyl sites for hydroxylation is 1. The zero-order chi connectivity index (χ0) is 16.2. The first-order valence-electron chi connectivity index (χ1n) is 7.45. The molecule has 0 aliphatic carbocycles. The fraction of sp³-hybridized carbons (Fsp3) is 0.375. The number of hydrogen-bond donors (Lipinski definition) is 1. The molecule has 0 spiro atoms. The molecule has 1 saturated heterocycles. The summed E-state index contributed by atoms with van der Waals surface area (Å²) in [6, 6.07) is 5.82. The number of hydrogen-bond acceptors (Lipinski definition) is 5. The smallest absolute Gasteiger partial charge is 0.277 e. The van der Waals surface area contributed by atoms with E-state index in [4.69, 9.17) is 9.26 Å². The molecule has 1 amide bonds. The third-order valence-corrected chi connectivity index (χ3v) is 3.71. The van der Waals surface area contributed by atoms with Crippen LogP contribution in [0.2, 0.25) is 0 Å². The second-order valence-corrected chi connectivity index (χ2v) is 5.48. The molecule has 122 valence electrons. The first-order valence-corrected chi connectivity index (χ1v) is 7.45. The van der Waals surface area contributed by atoms with E-state index in [1.807, 2.05) is 0 Å². The van der Waals surface area contributed by atoms with Crippen molar-refractivity contribution in [1.82, 2.24) is 10.1 Å². The maximum absolute atomic E-state index is 13.1. The van der Waals surface area contributed by atoms with Crippen LogP contribution in [0, 0.1) is 12.7 Å². The van der Waals surface area contributed by atoms with E-state index in [1.54, 1.807) is 13.0 Å². The maximum Gasteiger partial charge on any atom is 0.277 e. The summed E-state index contributed by atoms with van der Waals surface area (Å²) >= 11 is 0. The molecule has 23 heavy (non-hydrogen) atoms. The number of ether oxygens (including phenoxy) is 1. The van der Waals surface area contributed by atoms with Gasteiger partial charge in [0.15, 0.2) is 11.5 Å². The Labute approximate surface area is 133 Å². The van der Waals surface area contributed by atoms with Gasteiger partial charge in [0.25, 0.3) is 5.91 Å². The van der Waals surface area contributed by atoms with Crippen LogP contribution in [-0.4, -0.2) is 42.3 Å². The molecular formula is C16H18FN3O3. The molecule has 1 aromatic heterocycles.